The summed E-state index contributed by atoms with van der Waals surface area (Å²) < 4.78 is 0. The second-order valence-electron chi connectivity index (χ2n) is 6.59. The molecular weight excluding hydrogens is 312 g/mol. The minimum Gasteiger partial charge on any atom is -0.352 e. The van der Waals surface area contributed by atoms with Crippen LogP contribution in [0, 0.1) is 5.41 Å². The number of rotatable bonds is 4. The van der Waals surface area contributed by atoms with E-state index in [1.54, 1.807) is 0 Å². The molecule has 2 saturated heterocycles. The van der Waals surface area contributed by atoms with Gasteiger partial charge in [-0.15, -0.1) is 11.3 Å². The Morgan fingerprint density at radius 1 is 1.39 bits per heavy atom. The average Bonchev–Trinajstić information content (AvgIpc) is 3.19. The minimum absolute atomic E-state index is 0.0953. The van der Waals surface area contributed by atoms with Crippen LogP contribution in [-0.2, 0) is 4.79 Å². The van der Waals surface area contributed by atoms with Crippen LogP contribution in [0.1, 0.15) is 36.6 Å². The lowest BCUT2D eigenvalue weighted by atomic mass is 9.78. The summed E-state index contributed by atoms with van der Waals surface area (Å²) in [6.45, 7) is 3.80. The van der Waals surface area contributed by atoms with E-state index in [4.69, 9.17) is 5.73 Å². The van der Waals surface area contributed by atoms with Crippen molar-refractivity contribution < 1.29 is 9.59 Å². The maximum atomic E-state index is 12.6. The summed E-state index contributed by atoms with van der Waals surface area (Å²) in [5.74, 6) is 0.0953. The van der Waals surface area contributed by atoms with Gasteiger partial charge in [-0.2, -0.15) is 0 Å². The van der Waals surface area contributed by atoms with E-state index in [-0.39, 0.29) is 18.4 Å². The third-order valence-corrected chi connectivity index (χ3v) is 6.08. The smallest absolute Gasteiger partial charge is 0.312 e. The van der Waals surface area contributed by atoms with Gasteiger partial charge in [-0.25, -0.2) is 4.79 Å². The number of amides is 3. The topological polar surface area (TPSA) is 87.5 Å². The summed E-state index contributed by atoms with van der Waals surface area (Å²) in [5, 5.41) is 8.07. The minimum atomic E-state index is -0.592. The van der Waals surface area contributed by atoms with Crippen molar-refractivity contribution >= 4 is 23.3 Å². The summed E-state index contributed by atoms with van der Waals surface area (Å²) in [4.78, 5) is 26.7. The number of hydrogen-bond donors (Lipinski definition) is 3. The van der Waals surface area contributed by atoms with E-state index in [1.807, 2.05) is 22.4 Å². The Morgan fingerprint density at radius 3 is 2.74 bits per heavy atom. The summed E-state index contributed by atoms with van der Waals surface area (Å²) >= 11 is 1.53. The predicted octanol–water partition coefficient (Wildman–Crippen LogP) is 1.45. The van der Waals surface area contributed by atoms with Gasteiger partial charge in [0, 0.05) is 24.5 Å². The second kappa shape index (κ2) is 6.88. The van der Waals surface area contributed by atoms with Gasteiger partial charge in [0.25, 0.3) is 0 Å². The molecule has 0 radical (unpaired) electrons. The quantitative estimate of drug-likeness (QED) is 0.778. The molecule has 23 heavy (non-hydrogen) atoms. The van der Waals surface area contributed by atoms with Crippen LogP contribution in [0.3, 0.4) is 0 Å². The molecule has 3 amide bonds. The standard InChI is InChI=1S/C16H24N4O2S/c17-15(22)19-12(13-2-1-9-23-13)10-14(21)20-7-4-16(5-8-20)3-6-18-11-16/h1-2,9,12,18H,3-8,10-11H2,(H3,17,19,22). The van der Waals surface area contributed by atoms with E-state index >= 15 is 0 Å². The lowest BCUT2D eigenvalue weighted by Gasteiger charge is -2.39. The van der Waals surface area contributed by atoms with Gasteiger partial charge in [0.1, 0.15) is 0 Å². The summed E-state index contributed by atoms with van der Waals surface area (Å²) in [6.07, 6.45) is 3.63. The van der Waals surface area contributed by atoms with Gasteiger partial charge >= 0.3 is 6.03 Å². The number of likely N-dealkylation sites (tertiary alicyclic amines) is 1. The van der Waals surface area contributed by atoms with Crippen molar-refractivity contribution in [2.75, 3.05) is 26.2 Å². The molecule has 3 rings (SSSR count). The number of carbonyl (C=O) groups excluding carboxylic acids is 2. The van der Waals surface area contributed by atoms with Crippen LogP contribution in [-0.4, -0.2) is 43.0 Å². The lowest BCUT2D eigenvalue weighted by molar-refractivity contribution is -0.133. The zero-order valence-corrected chi connectivity index (χ0v) is 14.0. The molecule has 1 aromatic rings. The Balaban J connectivity index is 1.58. The van der Waals surface area contributed by atoms with E-state index in [0.29, 0.717) is 5.41 Å². The molecule has 4 N–H and O–H groups in total. The lowest BCUT2D eigenvalue weighted by Crippen LogP contribution is -2.45. The highest BCUT2D eigenvalue weighted by Gasteiger charge is 2.38. The van der Waals surface area contributed by atoms with Crippen LogP contribution in [0.25, 0.3) is 0 Å². The van der Waals surface area contributed by atoms with Crippen LogP contribution in [0.4, 0.5) is 4.79 Å². The summed E-state index contributed by atoms with van der Waals surface area (Å²) in [6, 6.07) is 2.92. The molecule has 0 aliphatic carbocycles. The third kappa shape index (κ3) is 3.84. The first-order valence-corrected chi connectivity index (χ1v) is 9.04. The fraction of sp³-hybridized carbons (Fsp3) is 0.625. The molecule has 7 heteroatoms. The maximum Gasteiger partial charge on any atom is 0.312 e. The van der Waals surface area contributed by atoms with Crippen LogP contribution in [0.2, 0.25) is 0 Å². The van der Waals surface area contributed by atoms with Crippen molar-refractivity contribution in [1.29, 1.82) is 0 Å². The second-order valence-corrected chi connectivity index (χ2v) is 7.57. The van der Waals surface area contributed by atoms with Gasteiger partial charge in [0.15, 0.2) is 0 Å². The molecule has 3 heterocycles. The molecule has 0 saturated carbocycles. The van der Waals surface area contributed by atoms with Crippen molar-refractivity contribution in [2.24, 2.45) is 11.1 Å². The molecule has 2 aliphatic heterocycles. The molecular formula is C16H24N4O2S. The van der Waals surface area contributed by atoms with Crippen molar-refractivity contribution in [1.82, 2.24) is 15.5 Å². The molecule has 126 valence electrons. The van der Waals surface area contributed by atoms with Crippen LogP contribution < -0.4 is 16.4 Å². The van der Waals surface area contributed by atoms with Gasteiger partial charge in [-0.3, -0.25) is 4.79 Å². The number of urea groups is 1. The molecule has 1 atom stereocenters. The van der Waals surface area contributed by atoms with E-state index in [1.165, 1.54) is 17.8 Å². The highest BCUT2D eigenvalue weighted by Crippen LogP contribution is 2.37. The fourth-order valence-corrected chi connectivity index (χ4v) is 4.42. The number of nitrogens with two attached hydrogens (primary N) is 1. The van der Waals surface area contributed by atoms with E-state index in [9.17, 15) is 9.59 Å². The molecule has 1 unspecified atom stereocenters. The molecule has 1 aromatic heterocycles. The van der Waals surface area contributed by atoms with Gasteiger partial charge in [-0.1, -0.05) is 6.07 Å². The first-order valence-electron chi connectivity index (χ1n) is 8.16. The molecule has 0 aromatic carbocycles. The summed E-state index contributed by atoms with van der Waals surface area (Å²) in [5.41, 5.74) is 5.65. The first kappa shape index (κ1) is 16.3. The zero-order chi connectivity index (χ0) is 16.3. The van der Waals surface area contributed by atoms with Crippen LogP contribution in [0.5, 0.6) is 0 Å². The van der Waals surface area contributed by atoms with Gasteiger partial charge < -0.3 is 21.3 Å². The fourth-order valence-electron chi connectivity index (χ4n) is 3.64. The van der Waals surface area contributed by atoms with Crippen LogP contribution in [0.15, 0.2) is 17.5 Å². The van der Waals surface area contributed by atoms with Crippen LogP contribution >= 0.6 is 11.3 Å². The van der Waals surface area contributed by atoms with Gasteiger partial charge in [0.05, 0.1) is 12.5 Å². The third-order valence-electron chi connectivity index (χ3n) is 5.09. The predicted molar refractivity (Wildman–Crippen MR) is 90.1 cm³/mol. The van der Waals surface area contributed by atoms with E-state index < -0.39 is 6.03 Å². The SMILES string of the molecule is NC(=O)NC(CC(=O)N1CCC2(CCNC2)CC1)c1cccs1. The van der Waals surface area contributed by atoms with E-state index in [0.717, 1.165) is 43.9 Å². The van der Waals surface area contributed by atoms with Crippen molar-refractivity contribution in [2.45, 2.75) is 31.7 Å². The molecule has 1 spiro atoms. The zero-order valence-electron chi connectivity index (χ0n) is 13.2. The normalized spacial score (nSPS) is 21.3. The average molecular weight is 336 g/mol. The Hall–Kier alpha value is -1.60. The first-order chi connectivity index (χ1) is 11.1. The Kier molecular flexibility index (Phi) is 4.87. The maximum absolute atomic E-state index is 12.6. The van der Waals surface area contributed by atoms with E-state index in [2.05, 4.69) is 10.6 Å². The highest BCUT2D eigenvalue weighted by molar-refractivity contribution is 7.10. The van der Waals surface area contributed by atoms with Crippen molar-refractivity contribution in [3.05, 3.63) is 22.4 Å². The highest BCUT2D eigenvalue weighted by atomic mass is 32.1. The Morgan fingerprint density at radius 2 is 2.17 bits per heavy atom. The monoisotopic (exact) mass is 336 g/mol. The number of piperidine rings is 1. The number of hydrogen-bond acceptors (Lipinski definition) is 4. The van der Waals surface area contributed by atoms with Crippen molar-refractivity contribution in [3.8, 4) is 0 Å². The number of nitrogens with zero attached hydrogens (tertiary/aromatic N) is 1. The van der Waals surface area contributed by atoms with Gasteiger partial charge in [0.2, 0.25) is 5.91 Å². The van der Waals surface area contributed by atoms with Crippen molar-refractivity contribution in [3.63, 3.8) is 0 Å². The Labute approximate surface area is 140 Å². The summed E-state index contributed by atoms with van der Waals surface area (Å²) in [7, 11) is 0. The molecule has 2 aliphatic rings. The number of primary amides is 1. The largest absolute Gasteiger partial charge is 0.352 e. The molecule has 2 fully saturated rings. The number of carbonyl (C=O) groups is 2. The molecule has 6 nitrogen and oxygen atoms in total. The Bertz CT molecular complexity index is 544. The molecule has 0 bridgehead atoms. The van der Waals surface area contributed by atoms with Gasteiger partial charge in [-0.05, 0) is 42.7 Å². The number of thiophene rings is 1. The number of nitrogens with one attached hydrogen (secondary N) is 2.